The first-order valence-corrected chi connectivity index (χ1v) is 8.19. The standard InChI is InChI=1S/C15H22N6O3/c1-3-24-15(23)20-19-13-8-10-11(17-18-13)7-9-5-4-6-12(10)21(9)14(22)16-2/h8-9,12H,3-7H2,1-2H3,(H,16,22)(H,18,19)(H,20,23). The summed E-state index contributed by atoms with van der Waals surface area (Å²) in [4.78, 5) is 25.5. The average Bonchev–Trinajstić information content (AvgIpc) is 2.59. The third-order valence-electron chi connectivity index (χ3n) is 4.45. The van der Waals surface area contributed by atoms with Crippen LogP contribution in [0.4, 0.5) is 15.4 Å². The van der Waals surface area contributed by atoms with Crippen molar-refractivity contribution in [3.8, 4) is 0 Å². The van der Waals surface area contributed by atoms with Crippen LogP contribution in [0.15, 0.2) is 6.07 Å². The van der Waals surface area contributed by atoms with Crippen molar-refractivity contribution in [2.45, 2.75) is 44.7 Å². The number of anilines is 1. The van der Waals surface area contributed by atoms with E-state index in [-0.39, 0.29) is 24.7 Å². The van der Waals surface area contributed by atoms with Gasteiger partial charge in [-0.3, -0.25) is 5.43 Å². The van der Waals surface area contributed by atoms with E-state index in [1.54, 1.807) is 14.0 Å². The van der Waals surface area contributed by atoms with Gasteiger partial charge in [0.2, 0.25) is 0 Å². The average molecular weight is 334 g/mol. The van der Waals surface area contributed by atoms with Crippen LogP contribution in [0.25, 0.3) is 0 Å². The van der Waals surface area contributed by atoms with Gasteiger partial charge in [-0.15, -0.1) is 5.10 Å². The van der Waals surface area contributed by atoms with Crippen LogP contribution in [0.5, 0.6) is 0 Å². The molecule has 2 atom stereocenters. The molecular weight excluding hydrogens is 312 g/mol. The van der Waals surface area contributed by atoms with E-state index in [2.05, 4.69) is 26.4 Å². The third-order valence-corrected chi connectivity index (χ3v) is 4.45. The zero-order valence-corrected chi connectivity index (χ0v) is 13.8. The van der Waals surface area contributed by atoms with Crippen molar-refractivity contribution >= 4 is 17.9 Å². The van der Waals surface area contributed by atoms with Crippen molar-refractivity contribution in [2.75, 3.05) is 19.1 Å². The van der Waals surface area contributed by atoms with Crippen LogP contribution in [0.1, 0.15) is 43.5 Å². The Morgan fingerprint density at radius 1 is 1.38 bits per heavy atom. The molecule has 0 spiro atoms. The molecule has 2 bridgehead atoms. The molecule has 1 saturated heterocycles. The van der Waals surface area contributed by atoms with Gasteiger partial charge in [0, 0.05) is 25.1 Å². The van der Waals surface area contributed by atoms with Crippen LogP contribution in [-0.4, -0.2) is 46.9 Å². The lowest BCUT2D eigenvalue weighted by Crippen LogP contribution is -2.53. The van der Waals surface area contributed by atoms with Gasteiger partial charge in [-0.2, -0.15) is 5.10 Å². The lowest BCUT2D eigenvalue weighted by molar-refractivity contribution is 0.0962. The molecule has 0 saturated carbocycles. The highest BCUT2D eigenvalue weighted by atomic mass is 16.5. The Kier molecular flexibility index (Phi) is 4.68. The summed E-state index contributed by atoms with van der Waals surface area (Å²) in [5.74, 6) is 0.419. The van der Waals surface area contributed by atoms with Gasteiger partial charge in [-0.25, -0.2) is 15.0 Å². The van der Waals surface area contributed by atoms with Crippen molar-refractivity contribution in [1.82, 2.24) is 25.8 Å². The van der Waals surface area contributed by atoms with Gasteiger partial charge in [-0.05, 0) is 32.3 Å². The molecule has 9 heteroatoms. The third kappa shape index (κ3) is 3.06. The Bertz CT molecular complexity index is 638. The number of nitrogens with zero attached hydrogens (tertiary/aromatic N) is 3. The molecule has 9 nitrogen and oxygen atoms in total. The van der Waals surface area contributed by atoms with Gasteiger partial charge in [0.1, 0.15) is 0 Å². The number of piperidine rings is 1. The highest BCUT2D eigenvalue weighted by Crippen LogP contribution is 2.41. The molecule has 0 aromatic carbocycles. The lowest BCUT2D eigenvalue weighted by Gasteiger charge is -2.46. The number of hydrogen-bond acceptors (Lipinski definition) is 6. The van der Waals surface area contributed by atoms with Crippen LogP contribution < -0.4 is 16.2 Å². The van der Waals surface area contributed by atoms with Gasteiger partial charge in [0.25, 0.3) is 0 Å². The molecule has 0 radical (unpaired) electrons. The van der Waals surface area contributed by atoms with E-state index >= 15 is 0 Å². The maximum absolute atomic E-state index is 12.3. The Morgan fingerprint density at radius 2 is 2.21 bits per heavy atom. The largest absolute Gasteiger partial charge is 0.449 e. The second-order valence-corrected chi connectivity index (χ2v) is 5.87. The van der Waals surface area contributed by atoms with E-state index in [1.165, 1.54) is 0 Å². The molecule has 1 aromatic rings. The molecule has 24 heavy (non-hydrogen) atoms. The number of carbonyl (C=O) groups excluding carboxylic acids is 2. The molecular formula is C15H22N6O3. The normalized spacial score (nSPS) is 21.5. The maximum atomic E-state index is 12.3. The monoisotopic (exact) mass is 334 g/mol. The summed E-state index contributed by atoms with van der Waals surface area (Å²) in [7, 11) is 1.65. The Balaban J connectivity index is 1.81. The van der Waals surface area contributed by atoms with Gasteiger partial charge in [0.15, 0.2) is 5.82 Å². The number of hydrogen-bond donors (Lipinski definition) is 3. The summed E-state index contributed by atoms with van der Waals surface area (Å²) in [6, 6.07) is 1.94. The van der Waals surface area contributed by atoms with Crippen LogP contribution in [-0.2, 0) is 11.2 Å². The minimum Gasteiger partial charge on any atom is -0.449 e. The molecule has 3 amide bonds. The molecule has 1 fully saturated rings. The number of rotatable bonds is 3. The summed E-state index contributed by atoms with van der Waals surface area (Å²) in [5, 5.41) is 11.1. The van der Waals surface area contributed by atoms with E-state index in [1.807, 2.05) is 11.0 Å². The molecule has 2 aliphatic heterocycles. The molecule has 130 valence electrons. The lowest BCUT2D eigenvalue weighted by atomic mass is 9.82. The predicted molar refractivity (Wildman–Crippen MR) is 86.2 cm³/mol. The Morgan fingerprint density at radius 3 is 2.96 bits per heavy atom. The summed E-state index contributed by atoms with van der Waals surface area (Å²) < 4.78 is 4.78. The fraction of sp³-hybridized carbons (Fsp3) is 0.600. The van der Waals surface area contributed by atoms with E-state index in [0.29, 0.717) is 12.2 Å². The number of carbonyl (C=O) groups is 2. The fourth-order valence-electron chi connectivity index (χ4n) is 3.47. The highest BCUT2D eigenvalue weighted by molar-refractivity contribution is 5.75. The molecule has 3 N–H and O–H groups in total. The zero-order chi connectivity index (χ0) is 17.1. The molecule has 1 aromatic heterocycles. The molecule has 2 aliphatic rings. The van der Waals surface area contributed by atoms with Gasteiger partial charge in [0.05, 0.1) is 18.3 Å². The maximum Gasteiger partial charge on any atom is 0.425 e. The quantitative estimate of drug-likeness (QED) is 0.720. The summed E-state index contributed by atoms with van der Waals surface area (Å²) in [6.07, 6.45) is 3.08. The van der Waals surface area contributed by atoms with Crippen molar-refractivity contribution in [3.05, 3.63) is 17.3 Å². The number of aromatic nitrogens is 2. The number of nitrogens with one attached hydrogen (secondary N) is 3. The smallest absolute Gasteiger partial charge is 0.425 e. The Hall–Kier alpha value is -2.58. The molecule has 3 heterocycles. The summed E-state index contributed by atoms with van der Waals surface area (Å²) in [6.45, 7) is 2.01. The van der Waals surface area contributed by atoms with Crippen molar-refractivity contribution in [2.24, 2.45) is 0 Å². The van der Waals surface area contributed by atoms with Crippen molar-refractivity contribution in [1.29, 1.82) is 0 Å². The summed E-state index contributed by atoms with van der Waals surface area (Å²) in [5.41, 5.74) is 7.00. The van der Waals surface area contributed by atoms with Gasteiger partial charge < -0.3 is 15.0 Å². The minimum absolute atomic E-state index is 0.00825. The number of amides is 3. The second kappa shape index (κ2) is 6.90. The number of ether oxygens (including phenoxy) is 1. The van der Waals surface area contributed by atoms with Gasteiger partial charge in [-0.1, -0.05) is 0 Å². The number of hydrazine groups is 1. The van der Waals surface area contributed by atoms with E-state index in [0.717, 1.165) is 30.5 Å². The minimum atomic E-state index is -0.582. The van der Waals surface area contributed by atoms with Gasteiger partial charge >= 0.3 is 12.1 Å². The molecule has 3 rings (SSSR count). The Labute approximate surface area is 140 Å². The van der Waals surface area contributed by atoms with Crippen LogP contribution in [0, 0.1) is 0 Å². The first-order valence-electron chi connectivity index (χ1n) is 8.19. The van der Waals surface area contributed by atoms with Crippen LogP contribution >= 0.6 is 0 Å². The topological polar surface area (TPSA) is 108 Å². The van der Waals surface area contributed by atoms with Crippen LogP contribution in [0.3, 0.4) is 0 Å². The first kappa shape index (κ1) is 16.3. The number of fused-ring (bicyclic) bond motifs is 4. The van der Waals surface area contributed by atoms with Crippen LogP contribution in [0.2, 0.25) is 0 Å². The molecule has 0 aliphatic carbocycles. The van der Waals surface area contributed by atoms with Crippen molar-refractivity contribution < 1.29 is 14.3 Å². The fourth-order valence-corrected chi connectivity index (χ4v) is 3.47. The first-order chi connectivity index (χ1) is 11.6. The highest BCUT2D eigenvalue weighted by Gasteiger charge is 2.40. The van der Waals surface area contributed by atoms with Crippen molar-refractivity contribution in [3.63, 3.8) is 0 Å². The number of urea groups is 1. The SMILES string of the molecule is CCOC(=O)NNc1cc2c(nn1)CC1CCCC2N1C(=O)NC. The van der Waals surface area contributed by atoms with E-state index < -0.39 is 6.09 Å². The summed E-state index contributed by atoms with van der Waals surface area (Å²) >= 11 is 0. The second-order valence-electron chi connectivity index (χ2n) is 5.87. The molecule has 2 unspecified atom stereocenters. The van der Waals surface area contributed by atoms with E-state index in [9.17, 15) is 9.59 Å². The van der Waals surface area contributed by atoms with E-state index in [4.69, 9.17) is 4.74 Å². The zero-order valence-electron chi connectivity index (χ0n) is 13.8. The predicted octanol–water partition coefficient (Wildman–Crippen LogP) is 1.34.